The Labute approximate surface area is 139 Å². The van der Waals surface area contributed by atoms with Crippen LogP contribution in [0.3, 0.4) is 0 Å². The lowest BCUT2D eigenvalue weighted by atomic mass is 9.81. The molecule has 23 heavy (non-hydrogen) atoms. The second-order valence-electron chi connectivity index (χ2n) is 8.71. The average Bonchev–Trinajstić information content (AvgIpc) is 2.70. The third-order valence-electron chi connectivity index (χ3n) is 6.05. The predicted molar refractivity (Wildman–Crippen MR) is 89.7 cm³/mol. The fraction of sp³-hybridized carbons (Fsp3) is 0.889. The Bertz CT molecular complexity index is 495. The number of piperidine rings is 1. The standard InChI is InChI=1S/C18H31N3O2/c1-16(2,3)14(22)21-12-10-18(11-13-21)19-17(15(23)20(18)4)8-6-5-7-9-17/h19H,5-13H2,1-4H3. The minimum atomic E-state index is -0.333. The zero-order chi connectivity index (χ0) is 16.9. The van der Waals surface area contributed by atoms with E-state index in [2.05, 4.69) is 5.32 Å². The van der Waals surface area contributed by atoms with Gasteiger partial charge in [-0.25, -0.2) is 0 Å². The van der Waals surface area contributed by atoms with Gasteiger partial charge in [0.15, 0.2) is 0 Å². The molecule has 0 atom stereocenters. The topological polar surface area (TPSA) is 52.7 Å². The number of rotatable bonds is 0. The van der Waals surface area contributed by atoms with E-state index in [-0.39, 0.29) is 28.4 Å². The Morgan fingerprint density at radius 2 is 1.61 bits per heavy atom. The molecule has 2 aliphatic heterocycles. The first-order valence-electron chi connectivity index (χ1n) is 9.07. The number of likely N-dealkylation sites (tertiary alicyclic amines) is 1. The van der Waals surface area contributed by atoms with E-state index in [0.717, 1.165) is 51.6 Å². The summed E-state index contributed by atoms with van der Waals surface area (Å²) in [5.74, 6) is 0.486. The molecule has 5 heteroatoms. The van der Waals surface area contributed by atoms with Gasteiger partial charge in [0.05, 0.1) is 11.2 Å². The summed E-state index contributed by atoms with van der Waals surface area (Å²) in [5, 5.41) is 3.76. The molecular weight excluding hydrogens is 290 g/mol. The summed E-state index contributed by atoms with van der Waals surface area (Å²) in [4.78, 5) is 29.3. The molecule has 5 nitrogen and oxygen atoms in total. The highest BCUT2D eigenvalue weighted by molar-refractivity contribution is 5.89. The molecular formula is C18H31N3O2. The molecule has 1 aliphatic carbocycles. The number of amides is 2. The summed E-state index contributed by atoms with van der Waals surface area (Å²) in [7, 11) is 1.94. The van der Waals surface area contributed by atoms with Crippen molar-refractivity contribution in [1.29, 1.82) is 0 Å². The molecule has 0 unspecified atom stereocenters. The summed E-state index contributed by atoms with van der Waals surface area (Å²) < 4.78 is 0. The summed E-state index contributed by atoms with van der Waals surface area (Å²) in [6, 6.07) is 0. The van der Waals surface area contributed by atoms with Gasteiger partial charge in [-0.3, -0.25) is 14.9 Å². The Hall–Kier alpha value is -1.10. The number of nitrogens with one attached hydrogen (secondary N) is 1. The second-order valence-corrected chi connectivity index (χ2v) is 8.71. The van der Waals surface area contributed by atoms with E-state index < -0.39 is 0 Å². The van der Waals surface area contributed by atoms with E-state index in [9.17, 15) is 9.59 Å². The molecule has 0 bridgehead atoms. The molecule has 0 aromatic rings. The highest BCUT2D eigenvalue weighted by Gasteiger charge is 2.58. The molecule has 3 rings (SSSR count). The van der Waals surface area contributed by atoms with Gasteiger partial charge in [-0.1, -0.05) is 40.0 Å². The largest absolute Gasteiger partial charge is 0.342 e. The second kappa shape index (κ2) is 5.47. The van der Waals surface area contributed by atoms with Gasteiger partial charge in [0, 0.05) is 38.4 Å². The van der Waals surface area contributed by atoms with Crippen LogP contribution >= 0.6 is 0 Å². The maximum atomic E-state index is 12.9. The van der Waals surface area contributed by atoms with E-state index in [1.165, 1.54) is 6.42 Å². The zero-order valence-electron chi connectivity index (χ0n) is 15.1. The van der Waals surface area contributed by atoms with Crippen LogP contribution in [0.5, 0.6) is 0 Å². The molecule has 0 radical (unpaired) electrons. The number of hydrogen-bond donors (Lipinski definition) is 1. The highest BCUT2D eigenvalue weighted by atomic mass is 16.2. The first-order chi connectivity index (χ1) is 10.7. The molecule has 2 saturated heterocycles. The van der Waals surface area contributed by atoms with Crippen LogP contribution in [0.4, 0.5) is 0 Å². The summed E-state index contributed by atoms with van der Waals surface area (Å²) in [5.41, 5.74) is -0.911. The Balaban J connectivity index is 1.73. The number of carbonyl (C=O) groups is 2. The number of carbonyl (C=O) groups excluding carboxylic acids is 2. The lowest BCUT2D eigenvalue weighted by Crippen LogP contribution is -2.61. The van der Waals surface area contributed by atoms with Crippen LogP contribution in [0.15, 0.2) is 0 Å². The third-order valence-corrected chi connectivity index (χ3v) is 6.05. The van der Waals surface area contributed by atoms with Gasteiger partial charge in [0.2, 0.25) is 11.8 Å². The normalized spacial score (nSPS) is 27.0. The molecule has 3 aliphatic rings. The zero-order valence-corrected chi connectivity index (χ0v) is 15.1. The van der Waals surface area contributed by atoms with E-state index in [1.54, 1.807) is 0 Å². The van der Waals surface area contributed by atoms with Crippen LogP contribution in [0.2, 0.25) is 0 Å². The number of nitrogens with zero attached hydrogens (tertiary/aromatic N) is 2. The SMILES string of the molecule is CN1C(=O)C2(CCCCC2)NC12CCN(C(=O)C(C)(C)C)CC2. The Morgan fingerprint density at radius 3 is 2.13 bits per heavy atom. The highest BCUT2D eigenvalue weighted by Crippen LogP contribution is 2.42. The molecule has 0 aromatic carbocycles. The van der Waals surface area contributed by atoms with Gasteiger partial charge < -0.3 is 9.80 Å². The first-order valence-corrected chi connectivity index (χ1v) is 9.07. The van der Waals surface area contributed by atoms with Crippen molar-refractivity contribution in [3.8, 4) is 0 Å². The van der Waals surface area contributed by atoms with Gasteiger partial charge in [0.25, 0.3) is 0 Å². The molecule has 3 fully saturated rings. The van der Waals surface area contributed by atoms with Crippen molar-refractivity contribution < 1.29 is 9.59 Å². The van der Waals surface area contributed by atoms with Crippen molar-refractivity contribution in [2.75, 3.05) is 20.1 Å². The monoisotopic (exact) mass is 321 g/mol. The molecule has 2 spiro atoms. The number of hydrogen-bond acceptors (Lipinski definition) is 3. The molecule has 0 aromatic heterocycles. The van der Waals surface area contributed by atoms with Gasteiger partial charge in [-0.05, 0) is 12.8 Å². The quantitative estimate of drug-likeness (QED) is 0.743. The van der Waals surface area contributed by atoms with Crippen LogP contribution in [-0.2, 0) is 9.59 Å². The van der Waals surface area contributed by atoms with Gasteiger partial charge in [-0.2, -0.15) is 0 Å². The molecule has 2 heterocycles. The van der Waals surface area contributed by atoms with E-state index in [4.69, 9.17) is 0 Å². The molecule has 1 N–H and O–H groups in total. The fourth-order valence-corrected chi connectivity index (χ4v) is 4.61. The lowest BCUT2D eigenvalue weighted by molar-refractivity contribution is -0.143. The molecule has 130 valence electrons. The minimum Gasteiger partial charge on any atom is -0.342 e. The minimum absolute atomic E-state index is 0.215. The Morgan fingerprint density at radius 1 is 1.04 bits per heavy atom. The van der Waals surface area contributed by atoms with Gasteiger partial charge in [-0.15, -0.1) is 0 Å². The van der Waals surface area contributed by atoms with Gasteiger partial charge in [0.1, 0.15) is 0 Å². The van der Waals surface area contributed by atoms with Crippen molar-refractivity contribution in [2.24, 2.45) is 5.41 Å². The van der Waals surface area contributed by atoms with Crippen molar-refractivity contribution in [3.63, 3.8) is 0 Å². The van der Waals surface area contributed by atoms with Crippen LogP contribution < -0.4 is 5.32 Å². The maximum absolute atomic E-state index is 12.9. The van der Waals surface area contributed by atoms with Crippen LogP contribution in [0, 0.1) is 5.41 Å². The summed E-state index contributed by atoms with van der Waals surface area (Å²) >= 11 is 0. The predicted octanol–water partition coefficient (Wildman–Crippen LogP) is 2.12. The molecule has 2 amide bonds. The van der Waals surface area contributed by atoms with Gasteiger partial charge >= 0.3 is 0 Å². The molecule has 1 saturated carbocycles. The third kappa shape index (κ3) is 2.67. The fourth-order valence-electron chi connectivity index (χ4n) is 4.61. The maximum Gasteiger partial charge on any atom is 0.244 e. The number of likely N-dealkylation sites (N-methyl/N-ethyl adjacent to an activating group) is 1. The summed E-state index contributed by atoms with van der Waals surface area (Å²) in [6.45, 7) is 7.38. The van der Waals surface area contributed by atoms with E-state index >= 15 is 0 Å². The van der Waals surface area contributed by atoms with Crippen molar-refractivity contribution >= 4 is 11.8 Å². The van der Waals surface area contributed by atoms with E-state index in [1.807, 2.05) is 37.6 Å². The average molecular weight is 321 g/mol. The lowest BCUT2D eigenvalue weighted by Gasteiger charge is -2.45. The Kier molecular flexibility index (Phi) is 3.98. The van der Waals surface area contributed by atoms with Crippen molar-refractivity contribution in [2.45, 2.75) is 76.9 Å². The van der Waals surface area contributed by atoms with Crippen molar-refractivity contribution in [3.05, 3.63) is 0 Å². The van der Waals surface area contributed by atoms with Crippen LogP contribution in [0.25, 0.3) is 0 Å². The van der Waals surface area contributed by atoms with Crippen LogP contribution in [0.1, 0.15) is 65.7 Å². The first kappa shape index (κ1) is 16.7. The van der Waals surface area contributed by atoms with E-state index in [0.29, 0.717) is 0 Å². The van der Waals surface area contributed by atoms with Crippen LogP contribution in [-0.4, -0.2) is 53.0 Å². The van der Waals surface area contributed by atoms with Crippen molar-refractivity contribution in [1.82, 2.24) is 15.1 Å². The summed E-state index contributed by atoms with van der Waals surface area (Å²) in [6.07, 6.45) is 7.10. The smallest absolute Gasteiger partial charge is 0.244 e.